The van der Waals surface area contributed by atoms with Crippen molar-refractivity contribution in [3.05, 3.63) is 81.3 Å². The Labute approximate surface area is 265 Å². The first kappa shape index (κ1) is 30.7. The second-order valence-electron chi connectivity index (χ2n) is 12.0. The van der Waals surface area contributed by atoms with Gasteiger partial charge in [-0.1, -0.05) is 44.2 Å². The number of benzene rings is 1. The van der Waals surface area contributed by atoms with Gasteiger partial charge in [0.15, 0.2) is 11.4 Å². The van der Waals surface area contributed by atoms with E-state index >= 15 is 4.39 Å². The second kappa shape index (κ2) is 11.9. The highest BCUT2D eigenvalue weighted by Crippen LogP contribution is 2.46. The summed E-state index contributed by atoms with van der Waals surface area (Å²) in [6.07, 6.45) is 3.00. The van der Waals surface area contributed by atoms with Gasteiger partial charge in [0.1, 0.15) is 28.7 Å². The van der Waals surface area contributed by atoms with E-state index in [4.69, 9.17) is 21.3 Å². The molecule has 1 aromatic carbocycles. The third-order valence-corrected chi connectivity index (χ3v) is 8.66. The normalized spacial score (nSPS) is 16.2. The summed E-state index contributed by atoms with van der Waals surface area (Å²) in [6.45, 7) is 11.2. The molecule has 3 aromatic heterocycles. The topological polar surface area (TPSA) is 96.7 Å². The summed E-state index contributed by atoms with van der Waals surface area (Å²) in [5.41, 5.74) is 2.80. The molecule has 1 fully saturated rings. The Balaban J connectivity index is 1.71. The fraction of sp³-hybridized carbons (Fsp3) is 0.364. The zero-order chi connectivity index (χ0) is 32.2. The maximum Gasteiger partial charge on any atom is 0.355 e. The molecule has 0 aliphatic carbocycles. The number of piperazine rings is 1. The van der Waals surface area contributed by atoms with Gasteiger partial charge in [-0.15, -0.1) is 0 Å². The molecule has 0 radical (unpaired) electrons. The van der Waals surface area contributed by atoms with E-state index in [1.165, 1.54) is 16.7 Å². The van der Waals surface area contributed by atoms with E-state index in [0.717, 1.165) is 5.56 Å². The number of fused-ring (bicyclic) bond motifs is 2. The van der Waals surface area contributed by atoms with Gasteiger partial charge in [-0.25, -0.2) is 18.7 Å². The van der Waals surface area contributed by atoms with Crippen LogP contribution in [-0.4, -0.2) is 81.6 Å². The molecule has 0 N–H and O–H groups in total. The molecule has 1 saturated heterocycles. The van der Waals surface area contributed by atoms with Crippen molar-refractivity contribution in [2.24, 2.45) is 0 Å². The molecule has 0 spiro atoms. The highest BCUT2D eigenvalue weighted by atomic mass is 35.5. The Morgan fingerprint density at radius 1 is 1.24 bits per heavy atom. The highest BCUT2D eigenvalue weighted by Gasteiger charge is 2.37. The third kappa shape index (κ3) is 5.23. The smallest absolute Gasteiger partial charge is 0.355 e. The van der Waals surface area contributed by atoms with Crippen LogP contribution in [0.25, 0.3) is 28.0 Å². The Kier molecular flexibility index (Phi) is 8.09. The largest absolute Gasteiger partial charge is 0.489 e. The maximum atomic E-state index is 15.8. The number of nitrogens with zero attached hydrogens (tertiary/aromatic N) is 7. The van der Waals surface area contributed by atoms with E-state index in [0.29, 0.717) is 54.3 Å². The van der Waals surface area contributed by atoms with Crippen molar-refractivity contribution < 1.29 is 13.9 Å². The number of carbonyl (C=O) groups excluding carboxylic acids is 1. The van der Waals surface area contributed by atoms with Crippen molar-refractivity contribution in [2.45, 2.75) is 39.3 Å². The summed E-state index contributed by atoms with van der Waals surface area (Å²) in [6, 6.07) is 6.35. The van der Waals surface area contributed by atoms with E-state index < -0.39 is 11.5 Å². The molecule has 0 unspecified atom stereocenters. The van der Waals surface area contributed by atoms with Crippen molar-refractivity contribution in [3.63, 3.8) is 0 Å². The van der Waals surface area contributed by atoms with Gasteiger partial charge in [0.05, 0.1) is 23.1 Å². The number of anilines is 1. The number of halogens is 2. The lowest BCUT2D eigenvalue weighted by molar-refractivity contribution is -0.126. The van der Waals surface area contributed by atoms with E-state index in [9.17, 15) is 9.59 Å². The average molecular weight is 632 g/mol. The molecule has 4 aromatic rings. The Bertz CT molecular complexity index is 1910. The van der Waals surface area contributed by atoms with Gasteiger partial charge >= 0.3 is 5.69 Å². The minimum atomic E-state index is -0.561. The van der Waals surface area contributed by atoms with Gasteiger partial charge in [-0.2, -0.15) is 4.98 Å². The number of carbonyl (C=O) groups is 1. The minimum absolute atomic E-state index is 0.0298. The molecular formula is C33H35ClFN7O3. The molecule has 1 amide bonds. The average Bonchev–Trinajstić information content (AvgIpc) is 3.16. The van der Waals surface area contributed by atoms with Crippen molar-refractivity contribution in [3.8, 4) is 22.7 Å². The molecule has 2 aliphatic heterocycles. The van der Waals surface area contributed by atoms with Crippen LogP contribution in [0.5, 0.6) is 5.75 Å². The lowest BCUT2D eigenvalue weighted by Gasteiger charge is -2.40. The Morgan fingerprint density at radius 3 is 2.73 bits per heavy atom. The van der Waals surface area contributed by atoms with Crippen LogP contribution in [0, 0.1) is 12.7 Å². The zero-order valence-corrected chi connectivity index (χ0v) is 26.7. The van der Waals surface area contributed by atoms with Gasteiger partial charge in [0, 0.05) is 37.9 Å². The molecule has 12 heteroatoms. The van der Waals surface area contributed by atoms with Gasteiger partial charge in [-0.05, 0) is 56.3 Å². The van der Waals surface area contributed by atoms with Crippen LogP contribution in [0.1, 0.15) is 36.6 Å². The lowest BCUT2D eigenvalue weighted by Crippen LogP contribution is -2.56. The van der Waals surface area contributed by atoms with Gasteiger partial charge in [-0.3, -0.25) is 9.78 Å². The molecule has 234 valence electrons. The Hall–Kier alpha value is -4.35. The summed E-state index contributed by atoms with van der Waals surface area (Å²) in [5, 5.41) is 0.560. The number of ether oxygens (including phenoxy) is 1. The number of hydrogen-bond acceptors (Lipinski definition) is 8. The van der Waals surface area contributed by atoms with E-state index in [1.54, 1.807) is 17.2 Å². The van der Waals surface area contributed by atoms with Crippen LogP contribution in [0.3, 0.4) is 0 Å². The molecule has 1 atom stereocenters. The van der Waals surface area contributed by atoms with Crippen molar-refractivity contribution in [1.29, 1.82) is 0 Å². The van der Waals surface area contributed by atoms with E-state index in [1.807, 2.05) is 56.8 Å². The third-order valence-electron chi connectivity index (χ3n) is 8.31. The number of hydrogen-bond donors (Lipinski definition) is 0. The number of pyridine rings is 2. The Morgan fingerprint density at radius 2 is 2.02 bits per heavy atom. The maximum absolute atomic E-state index is 15.8. The van der Waals surface area contributed by atoms with Crippen LogP contribution >= 0.6 is 11.6 Å². The number of amides is 1. The van der Waals surface area contributed by atoms with Crippen LogP contribution < -0.4 is 15.3 Å². The van der Waals surface area contributed by atoms with E-state index in [2.05, 4.69) is 16.5 Å². The number of aryl methyl sites for hydroxylation is 1. The standard InChI is InChI=1S/C33H35ClFN7O3/c1-7-23(43)40-13-14-41-21(16-40)17-45-30-25-31(41)38-33(44)42(29-19(4)11-12-36-27(29)18(2)3)32(25)37-28(26(30)34)24-20(15-39(5)6)9-8-10-22(24)35/h7-12,18,21H,1,13-17H2,2-6H3/t21-/m1/s1. The van der Waals surface area contributed by atoms with Crippen molar-refractivity contribution in [1.82, 2.24) is 29.3 Å². The van der Waals surface area contributed by atoms with Crippen LogP contribution in [-0.2, 0) is 11.3 Å². The molecular weight excluding hydrogens is 597 g/mol. The van der Waals surface area contributed by atoms with Gasteiger partial charge in [0.25, 0.3) is 0 Å². The van der Waals surface area contributed by atoms with Crippen LogP contribution in [0.2, 0.25) is 5.02 Å². The fourth-order valence-corrected chi connectivity index (χ4v) is 6.55. The van der Waals surface area contributed by atoms with Crippen LogP contribution in [0.4, 0.5) is 10.2 Å². The highest BCUT2D eigenvalue weighted by molar-refractivity contribution is 6.36. The summed E-state index contributed by atoms with van der Waals surface area (Å²) in [5.74, 6) is -0.0878. The molecule has 0 saturated carbocycles. The van der Waals surface area contributed by atoms with E-state index in [-0.39, 0.29) is 52.2 Å². The predicted molar refractivity (Wildman–Crippen MR) is 173 cm³/mol. The molecule has 5 heterocycles. The molecule has 2 aliphatic rings. The number of aromatic nitrogens is 4. The predicted octanol–water partition coefficient (Wildman–Crippen LogP) is 4.72. The summed E-state index contributed by atoms with van der Waals surface area (Å²) >= 11 is 7.14. The number of rotatable bonds is 6. The minimum Gasteiger partial charge on any atom is -0.489 e. The summed E-state index contributed by atoms with van der Waals surface area (Å²) in [4.78, 5) is 46.6. The lowest BCUT2D eigenvalue weighted by atomic mass is 10.0. The first-order valence-corrected chi connectivity index (χ1v) is 15.2. The van der Waals surface area contributed by atoms with Crippen molar-refractivity contribution in [2.75, 3.05) is 45.2 Å². The second-order valence-corrected chi connectivity index (χ2v) is 12.4. The fourth-order valence-electron chi connectivity index (χ4n) is 6.27. The SMILES string of the molecule is C=CC(=O)N1CCN2c3nc(=O)n(-c4c(C)ccnc4C(C)C)c4nc(-c5c(F)cccc5CN(C)C)c(Cl)c(c34)OC[C@H]2C1. The summed E-state index contributed by atoms with van der Waals surface area (Å²) in [7, 11) is 3.79. The van der Waals surface area contributed by atoms with Gasteiger partial charge < -0.3 is 19.4 Å². The quantitative estimate of drug-likeness (QED) is 0.282. The first-order chi connectivity index (χ1) is 21.5. The first-order valence-electron chi connectivity index (χ1n) is 14.9. The zero-order valence-electron chi connectivity index (χ0n) is 26.0. The summed E-state index contributed by atoms with van der Waals surface area (Å²) < 4.78 is 23.7. The van der Waals surface area contributed by atoms with Crippen LogP contribution in [0.15, 0.2) is 47.9 Å². The monoisotopic (exact) mass is 631 g/mol. The molecule has 0 bridgehead atoms. The van der Waals surface area contributed by atoms with Crippen molar-refractivity contribution >= 4 is 34.4 Å². The molecule has 10 nitrogen and oxygen atoms in total. The molecule has 45 heavy (non-hydrogen) atoms. The van der Waals surface area contributed by atoms with Gasteiger partial charge in [0.2, 0.25) is 5.91 Å². The molecule has 6 rings (SSSR count).